The average molecular weight is 289 g/mol. The van der Waals surface area contributed by atoms with E-state index in [1.165, 1.54) is 11.3 Å². The van der Waals surface area contributed by atoms with E-state index in [2.05, 4.69) is 22.2 Å². The van der Waals surface area contributed by atoms with Crippen molar-refractivity contribution < 1.29 is 9.53 Å². The number of amides is 2. The lowest BCUT2D eigenvalue weighted by Crippen LogP contribution is -2.19. The molecule has 0 aliphatic heterocycles. The second kappa shape index (κ2) is 6.72. The highest BCUT2D eigenvalue weighted by atomic mass is 32.1. The Morgan fingerprint density at radius 2 is 2.35 bits per heavy atom. The quantitative estimate of drug-likeness (QED) is 0.826. The SMILES string of the molecule is C=CCOc1cc(C)ccc1NC(=O)Nc1nccs1. The summed E-state index contributed by atoms with van der Waals surface area (Å²) in [6.07, 6.45) is 3.28. The van der Waals surface area contributed by atoms with Crippen molar-refractivity contribution in [1.29, 1.82) is 0 Å². The zero-order chi connectivity index (χ0) is 14.4. The molecule has 1 heterocycles. The van der Waals surface area contributed by atoms with Gasteiger partial charge in [0.2, 0.25) is 0 Å². The summed E-state index contributed by atoms with van der Waals surface area (Å²) < 4.78 is 5.53. The molecule has 20 heavy (non-hydrogen) atoms. The number of ether oxygens (including phenoxy) is 1. The molecule has 6 heteroatoms. The molecular formula is C14H15N3O2S. The van der Waals surface area contributed by atoms with Crippen LogP contribution in [0.5, 0.6) is 5.75 Å². The molecule has 2 rings (SSSR count). The van der Waals surface area contributed by atoms with Crippen molar-refractivity contribution in [3.63, 3.8) is 0 Å². The molecule has 104 valence electrons. The average Bonchev–Trinajstić information content (AvgIpc) is 2.91. The van der Waals surface area contributed by atoms with E-state index in [9.17, 15) is 4.79 Å². The van der Waals surface area contributed by atoms with Crippen LogP contribution in [0.3, 0.4) is 0 Å². The number of thiazole rings is 1. The van der Waals surface area contributed by atoms with Gasteiger partial charge in [0, 0.05) is 11.6 Å². The van der Waals surface area contributed by atoms with Crippen molar-refractivity contribution >= 4 is 28.2 Å². The van der Waals surface area contributed by atoms with Gasteiger partial charge in [-0.05, 0) is 24.6 Å². The summed E-state index contributed by atoms with van der Waals surface area (Å²) in [5, 5.41) is 7.73. The van der Waals surface area contributed by atoms with Crippen molar-refractivity contribution in [3.05, 3.63) is 48.0 Å². The van der Waals surface area contributed by atoms with Crippen LogP contribution in [-0.2, 0) is 0 Å². The molecule has 0 saturated carbocycles. The number of rotatable bonds is 5. The molecule has 0 unspecified atom stereocenters. The van der Waals surface area contributed by atoms with Crippen molar-refractivity contribution in [2.24, 2.45) is 0 Å². The monoisotopic (exact) mass is 289 g/mol. The standard InChI is InChI=1S/C14H15N3O2S/c1-3-7-19-12-9-10(2)4-5-11(12)16-13(18)17-14-15-6-8-20-14/h3-6,8-9H,1,7H2,2H3,(H2,15,16,17,18). The molecule has 1 aromatic carbocycles. The molecule has 0 atom stereocenters. The van der Waals surface area contributed by atoms with Crippen LogP contribution in [0.15, 0.2) is 42.4 Å². The fourth-order valence-corrected chi connectivity index (χ4v) is 2.06. The zero-order valence-corrected chi connectivity index (χ0v) is 11.9. The molecule has 2 amide bonds. The van der Waals surface area contributed by atoms with E-state index in [-0.39, 0.29) is 6.03 Å². The zero-order valence-electron chi connectivity index (χ0n) is 11.1. The van der Waals surface area contributed by atoms with Gasteiger partial charge in [-0.2, -0.15) is 0 Å². The summed E-state index contributed by atoms with van der Waals surface area (Å²) >= 11 is 1.35. The first-order valence-corrected chi connectivity index (χ1v) is 6.89. The molecule has 2 N–H and O–H groups in total. The Kier molecular flexibility index (Phi) is 4.73. The summed E-state index contributed by atoms with van der Waals surface area (Å²) in [6.45, 7) is 5.95. The molecule has 0 aliphatic carbocycles. The van der Waals surface area contributed by atoms with E-state index in [1.807, 2.05) is 19.1 Å². The molecule has 0 saturated heterocycles. The van der Waals surface area contributed by atoms with Gasteiger partial charge in [-0.25, -0.2) is 9.78 Å². The van der Waals surface area contributed by atoms with E-state index >= 15 is 0 Å². The summed E-state index contributed by atoms with van der Waals surface area (Å²) in [6, 6.07) is 5.21. The third kappa shape index (κ3) is 3.83. The molecule has 0 fully saturated rings. The summed E-state index contributed by atoms with van der Waals surface area (Å²) in [7, 11) is 0. The van der Waals surface area contributed by atoms with Crippen LogP contribution in [0.2, 0.25) is 0 Å². The van der Waals surface area contributed by atoms with E-state index in [4.69, 9.17) is 4.74 Å². The van der Waals surface area contributed by atoms with Crippen LogP contribution >= 0.6 is 11.3 Å². The summed E-state index contributed by atoms with van der Waals surface area (Å²) in [4.78, 5) is 15.8. The fraction of sp³-hybridized carbons (Fsp3) is 0.143. The number of anilines is 2. The molecule has 2 aromatic rings. The fourth-order valence-electron chi connectivity index (χ4n) is 1.54. The molecule has 0 radical (unpaired) electrons. The molecule has 0 aliphatic rings. The van der Waals surface area contributed by atoms with Gasteiger partial charge in [-0.15, -0.1) is 11.3 Å². The Morgan fingerprint density at radius 1 is 1.50 bits per heavy atom. The van der Waals surface area contributed by atoms with Gasteiger partial charge >= 0.3 is 6.03 Å². The van der Waals surface area contributed by atoms with Crippen molar-refractivity contribution in [3.8, 4) is 5.75 Å². The van der Waals surface area contributed by atoms with Gasteiger partial charge in [-0.3, -0.25) is 5.32 Å². The normalized spacial score (nSPS) is 9.85. The Labute approximate surface area is 121 Å². The highest BCUT2D eigenvalue weighted by molar-refractivity contribution is 7.13. The van der Waals surface area contributed by atoms with Crippen LogP contribution in [-0.4, -0.2) is 17.6 Å². The first-order valence-electron chi connectivity index (χ1n) is 6.01. The lowest BCUT2D eigenvalue weighted by atomic mass is 10.2. The first kappa shape index (κ1) is 14.1. The number of nitrogens with zero attached hydrogens (tertiary/aromatic N) is 1. The van der Waals surface area contributed by atoms with Crippen LogP contribution < -0.4 is 15.4 Å². The Bertz CT molecular complexity index is 596. The van der Waals surface area contributed by atoms with E-state index in [0.717, 1.165) is 5.56 Å². The maximum Gasteiger partial charge on any atom is 0.325 e. The first-order chi connectivity index (χ1) is 9.69. The van der Waals surface area contributed by atoms with Gasteiger partial charge in [0.1, 0.15) is 12.4 Å². The number of hydrogen-bond acceptors (Lipinski definition) is 4. The lowest BCUT2D eigenvalue weighted by molar-refractivity contribution is 0.262. The van der Waals surface area contributed by atoms with Crippen LogP contribution in [0.1, 0.15) is 5.56 Å². The summed E-state index contributed by atoms with van der Waals surface area (Å²) in [5.41, 5.74) is 1.65. The predicted octanol–water partition coefficient (Wildman–Crippen LogP) is 3.66. The molecular weight excluding hydrogens is 274 g/mol. The highest BCUT2D eigenvalue weighted by Gasteiger charge is 2.09. The maximum absolute atomic E-state index is 11.9. The number of carbonyl (C=O) groups is 1. The number of nitrogens with one attached hydrogen (secondary N) is 2. The number of urea groups is 1. The Morgan fingerprint density at radius 3 is 3.05 bits per heavy atom. The molecule has 5 nitrogen and oxygen atoms in total. The third-order valence-electron chi connectivity index (χ3n) is 2.39. The van der Waals surface area contributed by atoms with Crippen molar-refractivity contribution in [2.45, 2.75) is 6.92 Å². The molecule has 1 aromatic heterocycles. The van der Waals surface area contributed by atoms with Crippen molar-refractivity contribution in [1.82, 2.24) is 4.98 Å². The minimum atomic E-state index is -0.354. The summed E-state index contributed by atoms with van der Waals surface area (Å²) in [5.74, 6) is 0.610. The van der Waals surface area contributed by atoms with Crippen LogP contribution in [0.25, 0.3) is 0 Å². The lowest BCUT2D eigenvalue weighted by Gasteiger charge is -2.12. The maximum atomic E-state index is 11.9. The minimum Gasteiger partial charge on any atom is -0.487 e. The second-order valence-corrected chi connectivity index (χ2v) is 4.91. The van der Waals surface area contributed by atoms with E-state index in [1.54, 1.807) is 23.7 Å². The molecule has 0 bridgehead atoms. The van der Waals surface area contributed by atoms with Crippen LogP contribution in [0.4, 0.5) is 15.6 Å². The number of aromatic nitrogens is 1. The topological polar surface area (TPSA) is 63.2 Å². The largest absolute Gasteiger partial charge is 0.487 e. The smallest absolute Gasteiger partial charge is 0.325 e. The van der Waals surface area contributed by atoms with Crippen LogP contribution in [0, 0.1) is 6.92 Å². The van der Waals surface area contributed by atoms with Crippen molar-refractivity contribution in [2.75, 3.05) is 17.2 Å². The van der Waals surface area contributed by atoms with Gasteiger partial charge in [0.15, 0.2) is 5.13 Å². The third-order valence-corrected chi connectivity index (χ3v) is 3.08. The van der Waals surface area contributed by atoms with Gasteiger partial charge in [0.25, 0.3) is 0 Å². The number of benzene rings is 1. The molecule has 0 spiro atoms. The highest BCUT2D eigenvalue weighted by Crippen LogP contribution is 2.26. The number of hydrogen-bond donors (Lipinski definition) is 2. The Hall–Kier alpha value is -2.34. The van der Waals surface area contributed by atoms with Gasteiger partial charge in [-0.1, -0.05) is 18.7 Å². The van der Waals surface area contributed by atoms with E-state index < -0.39 is 0 Å². The minimum absolute atomic E-state index is 0.354. The Balaban J connectivity index is 2.07. The van der Waals surface area contributed by atoms with Gasteiger partial charge in [0.05, 0.1) is 5.69 Å². The second-order valence-electron chi connectivity index (χ2n) is 4.02. The van der Waals surface area contributed by atoms with Gasteiger partial charge < -0.3 is 10.1 Å². The number of aryl methyl sites for hydroxylation is 1. The number of carbonyl (C=O) groups excluding carboxylic acids is 1. The van der Waals surface area contributed by atoms with E-state index in [0.29, 0.717) is 23.2 Å². The predicted molar refractivity (Wildman–Crippen MR) is 81.6 cm³/mol.